The molecule has 1 atom stereocenters. The van der Waals surface area contributed by atoms with Crippen LogP contribution in [0.1, 0.15) is 46.0 Å². The third-order valence-corrected chi connectivity index (χ3v) is 4.39. The SMILES string of the molecule is CCC(CC)SC1CCCC1=O. The average molecular weight is 186 g/mol. The summed E-state index contributed by atoms with van der Waals surface area (Å²) in [6.07, 6.45) is 5.48. The molecular weight excluding hydrogens is 168 g/mol. The monoisotopic (exact) mass is 186 g/mol. The summed E-state index contributed by atoms with van der Waals surface area (Å²) in [5.74, 6) is 0.493. The minimum Gasteiger partial charge on any atom is -0.298 e. The maximum Gasteiger partial charge on any atom is 0.145 e. The van der Waals surface area contributed by atoms with Crippen LogP contribution in [0.2, 0.25) is 0 Å². The second-order valence-corrected chi connectivity index (χ2v) is 4.93. The zero-order valence-electron chi connectivity index (χ0n) is 8.01. The Balaban J connectivity index is 2.33. The molecule has 1 nitrogen and oxygen atoms in total. The molecule has 0 aliphatic heterocycles. The number of carbonyl (C=O) groups is 1. The summed E-state index contributed by atoms with van der Waals surface area (Å²) >= 11 is 1.91. The van der Waals surface area contributed by atoms with Gasteiger partial charge in [-0.1, -0.05) is 13.8 Å². The highest BCUT2D eigenvalue weighted by Crippen LogP contribution is 2.32. The van der Waals surface area contributed by atoms with Crippen LogP contribution in [0.5, 0.6) is 0 Å². The van der Waals surface area contributed by atoms with E-state index in [9.17, 15) is 4.79 Å². The first-order chi connectivity index (χ1) is 5.77. The van der Waals surface area contributed by atoms with E-state index in [1.54, 1.807) is 0 Å². The highest BCUT2D eigenvalue weighted by molar-refractivity contribution is 8.01. The van der Waals surface area contributed by atoms with Crippen molar-refractivity contribution in [1.82, 2.24) is 0 Å². The molecule has 0 heterocycles. The second-order valence-electron chi connectivity index (χ2n) is 3.42. The Morgan fingerprint density at radius 3 is 2.58 bits per heavy atom. The van der Waals surface area contributed by atoms with Gasteiger partial charge < -0.3 is 0 Å². The molecule has 0 amide bonds. The number of carbonyl (C=O) groups excluding carboxylic acids is 1. The molecule has 1 aliphatic carbocycles. The number of hydrogen-bond acceptors (Lipinski definition) is 2. The quantitative estimate of drug-likeness (QED) is 0.671. The Bertz CT molecular complexity index is 152. The third kappa shape index (κ3) is 2.51. The number of hydrogen-bond donors (Lipinski definition) is 0. The van der Waals surface area contributed by atoms with Crippen molar-refractivity contribution in [2.75, 3.05) is 0 Å². The summed E-state index contributed by atoms with van der Waals surface area (Å²) in [6, 6.07) is 0. The fourth-order valence-corrected chi connectivity index (χ4v) is 3.06. The Kier molecular flexibility index (Phi) is 4.13. The fourth-order valence-electron chi connectivity index (χ4n) is 1.64. The summed E-state index contributed by atoms with van der Waals surface area (Å²) < 4.78 is 0. The van der Waals surface area contributed by atoms with Crippen LogP contribution in [0.15, 0.2) is 0 Å². The lowest BCUT2D eigenvalue weighted by Crippen LogP contribution is -2.13. The Morgan fingerprint density at radius 2 is 2.17 bits per heavy atom. The van der Waals surface area contributed by atoms with Crippen molar-refractivity contribution in [1.29, 1.82) is 0 Å². The van der Waals surface area contributed by atoms with Gasteiger partial charge in [0.25, 0.3) is 0 Å². The van der Waals surface area contributed by atoms with Crippen LogP contribution in [0.4, 0.5) is 0 Å². The molecule has 12 heavy (non-hydrogen) atoms. The van der Waals surface area contributed by atoms with E-state index in [2.05, 4.69) is 13.8 Å². The molecule has 1 saturated carbocycles. The summed E-state index contributed by atoms with van der Waals surface area (Å²) in [6.45, 7) is 4.42. The molecule has 0 spiro atoms. The predicted molar refractivity (Wildman–Crippen MR) is 54.6 cm³/mol. The minimum atomic E-state index is 0.342. The largest absolute Gasteiger partial charge is 0.298 e. The van der Waals surface area contributed by atoms with E-state index >= 15 is 0 Å². The second kappa shape index (κ2) is 4.90. The van der Waals surface area contributed by atoms with Crippen molar-refractivity contribution in [2.24, 2.45) is 0 Å². The predicted octanol–water partition coefficient (Wildman–Crippen LogP) is 3.03. The zero-order chi connectivity index (χ0) is 8.97. The van der Waals surface area contributed by atoms with Crippen molar-refractivity contribution in [2.45, 2.75) is 56.5 Å². The summed E-state index contributed by atoms with van der Waals surface area (Å²) in [7, 11) is 0. The highest BCUT2D eigenvalue weighted by atomic mass is 32.2. The minimum absolute atomic E-state index is 0.342. The molecule has 0 aromatic carbocycles. The first-order valence-electron chi connectivity index (χ1n) is 4.96. The smallest absolute Gasteiger partial charge is 0.145 e. The van der Waals surface area contributed by atoms with Crippen LogP contribution in [0.25, 0.3) is 0 Å². The Morgan fingerprint density at radius 1 is 1.50 bits per heavy atom. The first-order valence-corrected chi connectivity index (χ1v) is 5.90. The average Bonchev–Trinajstić information content (AvgIpc) is 2.47. The molecule has 2 heteroatoms. The number of rotatable bonds is 4. The van der Waals surface area contributed by atoms with Crippen LogP contribution in [-0.4, -0.2) is 16.3 Å². The van der Waals surface area contributed by atoms with E-state index in [1.165, 1.54) is 12.8 Å². The topological polar surface area (TPSA) is 17.1 Å². The molecule has 0 N–H and O–H groups in total. The van der Waals surface area contributed by atoms with Crippen LogP contribution in [0, 0.1) is 0 Å². The van der Waals surface area contributed by atoms with Crippen molar-refractivity contribution >= 4 is 17.5 Å². The summed E-state index contributed by atoms with van der Waals surface area (Å²) in [5.41, 5.74) is 0. The van der Waals surface area contributed by atoms with Gasteiger partial charge in [0.1, 0.15) is 5.78 Å². The Labute approximate surface area is 79.3 Å². The van der Waals surface area contributed by atoms with Gasteiger partial charge in [0, 0.05) is 11.7 Å². The van der Waals surface area contributed by atoms with Gasteiger partial charge in [-0.05, 0) is 25.7 Å². The van der Waals surface area contributed by atoms with Crippen LogP contribution >= 0.6 is 11.8 Å². The van der Waals surface area contributed by atoms with Gasteiger partial charge in [0.2, 0.25) is 0 Å². The lowest BCUT2D eigenvalue weighted by atomic mass is 10.3. The van der Waals surface area contributed by atoms with Crippen molar-refractivity contribution < 1.29 is 4.79 Å². The Hall–Kier alpha value is 0.0200. The maximum absolute atomic E-state index is 11.3. The molecule has 1 unspecified atom stereocenters. The standard InChI is InChI=1S/C10H18OS/c1-3-8(4-2)12-10-7-5-6-9(10)11/h8,10H,3-7H2,1-2H3. The number of ketones is 1. The van der Waals surface area contributed by atoms with E-state index in [-0.39, 0.29) is 0 Å². The van der Waals surface area contributed by atoms with Gasteiger partial charge in [-0.15, -0.1) is 11.8 Å². The molecule has 0 aromatic rings. The molecule has 0 aromatic heterocycles. The molecule has 0 saturated heterocycles. The fraction of sp³-hybridized carbons (Fsp3) is 0.900. The van der Waals surface area contributed by atoms with Crippen LogP contribution in [0.3, 0.4) is 0 Å². The molecule has 1 rings (SSSR count). The molecule has 1 aliphatic rings. The normalized spacial score (nSPS) is 23.9. The molecule has 0 bridgehead atoms. The van der Waals surface area contributed by atoms with Gasteiger partial charge in [-0.3, -0.25) is 4.79 Å². The summed E-state index contributed by atoms with van der Waals surface area (Å²) in [5, 5.41) is 1.05. The van der Waals surface area contributed by atoms with Gasteiger partial charge in [-0.25, -0.2) is 0 Å². The first kappa shape index (κ1) is 10.1. The lowest BCUT2D eigenvalue weighted by molar-refractivity contribution is -0.116. The van der Waals surface area contributed by atoms with E-state index in [1.807, 2.05) is 11.8 Å². The number of thioether (sulfide) groups is 1. The molecular formula is C10H18OS. The third-order valence-electron chi connectivity index (χ3n) is 2.52. The molecule has 70 valence electrons. The van der Waals surface area contributed by atoms with E-state index in [0.29, 0.717) is 16.3 Å². The van der Waals surface area contributed by atoms with Crippen LogP contribution < -0.4 is 0 Å². The highest BCUT2D eigenvalue weighted by Gasteiger charge is 2.26. The van der Waals surface area contributed by atoms with E-state index in [0.717, 1.165) is 19.3 Å². The van der Waals surface area contributed by atoms with E-state index in [4.69, 9.17) is 0 Å². The molecule has 1 fully saturated rings. The van der Waals surface area contributed by atoms with Gasteiger partial charge in [0.05, 0.1) is 5.25 Å². The zero-order valence-corrected chi connectivity index (χ0v) is 8.82. The number of Topliss-reactive ketones (excluding diaryl/α,β-unsaturated/α-hetero) is 1. The maximum atomic E-state index is 11.3. The van der Waals surface area contributed by atoms with Gasteiger partial charge in [-0.2, -0.15) is 0 Å². The van der Waals surface area contributed by atoms with Crippen molar-refractivity contribution in [3.05, 3.63) is 0 Å². The van der Waals surface area contributed by atoms with E-state index < -0.39 is 0 Å². The van der Waals surface area contributed by atoms with Gasteiger partial charge >= 0.3 is 0 Å². The van der Waals surface area contributed by atoms with Crippen molar-refractivity contribution in [3.8, 4) is 0 Å². The molecule has 0 radical (unpaired) electrons. The lowest BCUT2D eigenvalue weighted by Gasteiger charge is -2.15. The van der Waals surface area contributed by atoms with Crippen molar-refractivity contribution in [3.63, 3.8) is 0 Å². The van der Waals surface area contributed by atoms with Gasteiger partial charge in [0.15, 0.2) is 0 Å². The summed E-state index contributed by atoms with van der Waals surface area (Å²) in [4.78, 5) is 11.3. The van der Waals surface area contributed by atoms with Crippen LogP contribution in [-0.2, 0) is 4.79 Å².